The highest BCUT2D eigenvalue weighted by Crippen LogP contribution is 2.34. The molecular formula is C20H27N5. The van der Waals surface area contributed by atoms with Crippen molar-refractivity contribution in [2.75, 3.05) is 6.54 Å². The van der Waals surface area contributed by atoms with E-state index >= 15 is 0 Å². The van der Waals surface area contributed by atoms with E-state index in [1.165, 1.54) is 35.4 Å². The number of benzene rings is 1. The first-order valence-electron chi connectivity index (χ1n) is 9.28. The van der Waals surface area contributed by atoms with Crippen LogP contribution in [-0.2, 0) is 20.1 Å². The summed E-state index contributed by atoms with van der Waals surface area (Å²) in [5, 5.41) is 4.69. The maximum Gasteiger partial charge on any atom is 0.127 e. The third kappa shape index (κ3) is 2.67. The third-order valence-electron chi connectivity index (χ3n) is 5.68. The van der Waals surface area contributed by atoms with Crippen LogP contribution in [0.25, 0.3) is 11.0 Å². The van der Waals surface area contributed by atoms with Gasteiger partial charge in [-0.15, -0.1) is 0 Å². The predicted molar refractivity (Wildman–Crippen MR) is 100 cm³/mol. The monoisotopic (exact) mass is 337 g/mol. The standard InChI is InChI=1S/C20H27N5/c1-5-25-15(3)16(14(2)22-25)13-24-12-8-11-19(24)20-21-17-9-6-7-10-18(17)23(20)4/h6-7,9-10,19H,5,8,11-13H2,1-4H3/t19-/m0/s1. The number of hydrogen-bond donors (Lipinski definition) is 0. The minimum Gasteiger partial charge on any atom is -0.330 e. The van der Waals surface area contributed by atoms with Crippen molar-refractivity contribution < 1.29 is 0 Å². The lowest BCUT2D eigenvalue weighted by Gasteiger charge is -2.24. The first-order valence-corrected chi connectivity index (χ1v) is 9.28. The zero-order valence-electron chi connectivity index (χ0n) is 15.7. The molecule has 5 heteroatoms. The van der Waals surface area contributed by atoms with Crippen LogP contribution in [0.5, 0.6) is 0 Å². The number of aromatic nitrogens is 4. The van der Waals surface area contributed by atoms with Gasteiger partial charge in [0.2, 0.25) is 0 Å². The lowest BCUT2D eigenvalue weighted by atomic mass is 10.1. The third-order valence-corrected chi connectivity index (χ3v) is 5.68. The number of likely N-dealkylation sites (tertiary alicyclic amines) is 1. The lowest BCUT2D eigenvalue weighted by Crippen LogP contribution is -2.25. The topological polar surface area (TPSA) is 38.9 Å². The van der Waals surface area contributed by atoms with Crippen molar-refractivity contribution >= 4 is 11.0 Å². The van der Waals surface area contributed by atoms with Crippen LogP contribution in [0.2, 0.25) is 0 Å². The number of imidazole rings is 1. The Balaban J connectivity index is 1.66. The molecule has 0 bridgehead atoms. The van der Waals surface area contributed by atoms with Crippen LogP contribution < -0.4 is 0 Å². The van der Waals surface area contributed by atoms with Crippen LogP contribution >= 0.6 is 0 Å². The molecule has 0 radical (unpaired) electrons. The minimum absolute atomic E-state index is 0.390. The van der Waals surface area contributed by atoms with Crippen molar-refractivity contribution in [3.8, 4) is 0 Å². The number of hydrogen-bond acceptors (Lipinski definition) is 3. The predicted octanol–water partition coefficient (Wildman–Crippen LogP) is 3.74. The Labute approximate surface area is 149 Å². The van der Waals surface area contributed by atoms with Crippen LogP contribution in [0, 0.1) is 13.8 Å². The number of para-hydroxylation sites is 2. The Bertz CT molecular complexity index is 904. The molecule has 1 fully saturated rings. The van der Waals surface area contributed by atoms with Crippen molar-refractivity contribution in [1.82, 2.24) is 24.2 Å². The van der Waals surface area contributed by atoms with Gasteiger partial charge in [-0.05, 0) is 52.3 Å². The summed E-state index contributed by atoms with van der Waals surface area (Å²) >= 11 is 0. The smallest absolute Gasteiger partial charge is 0.127 e. The summed E-state index contributed by atoms with van der Waals surface area (Å²) in [5.74, 6) is 1.19. The van der Waals surface area contributed by atoms with E-state index in [1.807, 2.05) is 0 Å². The number of rotatable bonds is 4. The van der Waals surface area contributed by atoms with Gasteiger partial charge < -0.3 is 4.57 Å². The molecule has 3 heterocycles. The van der Waals surface area contributed by atoms with Gasteiger partial charge in [0.05, 0.1) is 22.8 Å². The zero-order valence-corrected chi connectivity index (χ0v) is 15.7. The molecule has 0 N–H and O–H groups in total. The molecule has 1 aliphatic rings. The fraction of sp³-hybridized carbons (Fsp3) is 0.500. The van der Waals surface area contributed by atoms with Crippen LogP contribution in [0.4, 0.5) is 0 Å². The Hall–Kier alpha value is -2.14. The molecule has 0 spiro atoms. The summed E-state index contributed by atoms with van der Waals surface area (Å²) in [6.07, 6.45) is 2.41. The van der Waals surface area contributed by atoms with Gasteiger partial charge in [0, 0.05) is 31.4 Å². The van der Waals surface area contributed by atoms with E-state index in [9.17, 15) is 0 Å². The summed E-state index contributed by atoms with van der Waals surface area (Å²) in [4.78, 5) is 7.53. The summed E-state index contributed by atoms with van der Waals surface area (Å²) in [5.41, 5.74) is 6.16. The highest BCUT2D eigenvalue weighted by molar-refractivity contribution is 5.75. The van der Waals surface area contributed by atoms with Crippen LogP contribution in [-0.4, -0.2) is 30.8 Å². The average molecular weight is 337 g/mol. The normalized spacial score (nSPS) is 18.5. The zero-order chi connectivity index (χ0) is 17.6. The van der Waals surface area contributed by atoms with E-state index in [2.05, 4.69) is 71.3 Å². The van der Waals surface area contributed by atoms with E-state index < -0.39 is 0 Å². The van der Waals surface area contributed by atoms with Crippen molar-refractivity contribution in [2.45, 2.75) is 52.7 Å². The van der Waals surface area contributed by atoms with Crippen molar-refractivity contribution in [1.29, 1.82) is 0 Å². The average Bonchev–Trinajstić information content (AvgIpc) is 3.28. The second kappa shape index (κ2) is 6.30. The van der Waals surface area contributed by atoms with Crippen LogP contribution in [0.1, 0.15) is 48.6 Å². The highest BCUT2D eigenvalue weighted by Gasteiger charge is 2.31. The van der Waals surface area contributed by atoms with Crippen LogP contribution in [0.15, 0.2) is 24.3 Å². The minimum atomic E-state index is 0.390. The molecule has 0 unspecified atom stereocenters. The van der Waals surface area contributed by atoms with Gasteiger partial charge in [0.15, 0.2) is 0 Å². The van der Waals surface area contributed by atoms with Crippen molar-refractivity contribution in [2.24, 2.45) is 7.05 Å². The van der Waals surface area contributed by atoms with E-state index in [1.54, 1.807) is 0 Å². The molecule has 1 atom stereocenters. The summed E-state index contributed by atoms with van der Waals surface area (Å²) in [7, 11) is 2.15. The molecule has 1 aromatic carbocycles. The Morgan fingerprint density at radius 3 is 2.72 bits per heavy atom. The second-order valence-electron chi connectivity index (χ2n) is 7.11. The van der Waals surface area contributed by atoms with Gasteiger partial charge >= 0.3 is 0 Å². The lowest BCUT2D eigenvalue weighted by molar-refractivity contribution is 0.236. The molecule has 2 aromatic heterocycles. The summed E-state index contributed by atoms with van der Waals surface area (Å²) in [6.45, 7) is 9.51. The molecule has 1 aliphatic heterocycles. The maximum atomic E-state index is 4.95. The van der Waals surface area contributed by atoms with Gasteiger partial charge in [-0.1, -0.05) is 12.1 Å². The summed E-state index contributed by atoms with van der Waals surface area (Å²) < 4.78 is 4.39. The molecule has 3 aromatic rings. The van der Waals surface area contributed by atoms with Crippen LogP contribution in [0.3, 0.4) is 0 Å². The fourth-order valence-electron chi connectivity index (χ4n) is 4.24. The quantitative estimate of drug-likeness (QED) is 0.728. The fourth-order valence-corrected chi connectivity index (χ4v) is 4.24. The van der Waals surface area contributed by atoms with E-state index in [-0.39, 0.29) is 0 Å². The SMILES string of the molecule is CCn1nc(C)c(CN2CCC[C@H]2c2nc3ccccc3n2C)c1C. The molecule has 132 valence electrons. The van der Waals surface area contributed by atoms with Gasteiger partial charge in [-0.25, -0.2) is 4.98 Å². The van der Waals surface area contributed by atoms with Gasteiger partial charge in [-0.2, -0.15) is 5.10 Å². The Kier molecular flexibility index (Phi) is 4.12. The maximum absolute atomic E-state index is 4.95. The Morgan fingerprint density at radius 1 is 1.20 bits per heavy atom. The molecule has 0 aliphatic carbocycles. The van der Waals surface area contributed by atoms with Crippen molar-refractivity contribution in [3.05, 3.63) is 47.0 Å². The first-order chi connectivity index (χ1) is 12.1. The highest BCUT2D eigenvalue weighted by atomic mass is 15.3. The number of nitrogens with zero attached hydrogens (tertiary/aromatic N) is 5. The number of fused-ring (bicyclic) bond motifs is 1. The van der Waals surface area contributed by atoms with E-state index in [4.69, 9.17) is 4.98 Å². The largest absolute Gasteiger partial charge is 0.330 e. The molecular weight excluding hydrogens is 310 g/mol. The summed E-state index contributed by atoms with van der Waals surface area (Å²) in [6, 6.07) is 8.81. The van der Waals surface area contributed by atoms with E-state index in [0.29, 0.717) is 6.04 Å². The van der Waals surface area contributed by atoms with Gasteiger partial charge in [0.25, 0.3) is 0 Å². The number of aryl methyl sites for hydroxylation is 3. The second-order valence-corrected chi connectivity index (χ2v) is 7.11. The molecule has 1 saturated heterocycles. The molecule has 4 rings (SSSR count). The first kappa shape index (κ1) is 16.3. The Morgan fingerprint density at radius 2 is 2.00 bits per heavy atom. The molecule has 0 amide bonds. The molecule has 25 heavy (non-hydrogen) atoms. The van der Waals surface area contributed by atoms with Crippen molar-refractivity contribution in [3.63, 3.8) is 0 Å². The molecule has 5 nitrogen and oxygen atoms in total. The molecule has 0 saturated carbocycles. The van der Waals surface area contributed by atoms with Gasteiger partial charge in [0.1, 0.15) is 5.82 Å². The van der Waals surface area contributed by atoms with Gasteiger partial charge in [-0.3, -0.25) is 9.58 Å². The van der Waals surface area contributed by atoms with E-state index in [0.717, 1.165) is 30.8 Å².